The molecule has 1 amide bonds. The molecule has 0 radical (unpaired) electrons. The molecule has 0 aliphatic carbocycles. The molecule has 0 spiro atoms. The Morgan fingerprint density at radius 1 is 1.53 bits per heavy atom. The Balaban J connectivity index is 2.47. The molecule has 0 aliphatic heterocycles. The molecule has 1 heterocycles. The van der Waals surface area contributed by atoms with E-state index in [-0.39, 0.29) is 11.3 Å². The van der Waals surface area contributed by atoms with Crippen molar-refractivity contribution in [2.24, 2.45) is 11.1 Å². The molecule has 17 heavy (non-hydrogen) atoms. The SMILES string of the molecule is CN(CCc1cccs1)C(=O)[C@@H](N)C(C)(C)C. The molecular formula is C13H22N2OS. The van der Waals surface area contributed by atoms with E-state index in [2.05, 4.69) is 11.4 Å². The fraction of sp³-hybridized carbons (Fsp3) is 0.615. The quantitative estimate of drug-likeness (QED) is 0.894. The minimum atomic E-state index is -0.434. The lowest BCUT2D eigenvalue weighted by molar-refractivity contribution is -0.133. The van der Waals surface area contributed by atoms with E-state index in [0.717, 1.165) is 13.0 Å². The first-order valence-corrected chi connectivity index (χ1v) is 6.73. The molecule has 2 N–H and O–H groups in total. The fourth-order valence-corrected chi connectivity index (χ4v) is 2.15. The van der Waals surface area contributed by atoms with E-state index >= 15 is 0 Å². The third kappa shape index (κ3) is 4.13. The van der Waals surface area contributed by atoms with Gasteiger partial charge in [-0.3, -0.25) is 4.79 Å². The number of amides is 1. The first-order chi connectivity index (χ1) is 7.82. The third-order valence-corrected chi connectivity index (χ3v) is 3.79. The highest BCUT2D eigenvalue weighted by atomic mass is 32.1. The van der Waals surface area contributed by atoms with Crippen molar-refractivity contribution in [3.8, 4) is 0 Å². The van der Waals surface area contributed by atoms with Crippen LogP contribution in [0.3, 0.4) is 0 Å². The van der Waals surface area contributed by atoms with Gasteiger partial charge in [0.15, 0.2) is 0 Å². The molecule has 1 aromatic rings. The van der Waals surface area contributed by atoms with Crippen LogP contribution in [0, 0.1) is 5.41 Å². The number of likely N-dealkylation sites (N-methyl/N-ethyl adjacent to an activating group) is 1. The van der Waals surface area contributed by atoms with Crippen LogP contribution in [-0.2, 0) is 11.2 Å². The summed E-state index contributed by atoms with van der Waals surface area (Å²) in [6, 6.07) is 3.69. The van der Waals surface area contributed by atoms with Gasteiger partial charge in [-0.15, -0.1) is 11.3 Å². The van der Waals surface area contributed by atoms with Gasteiger partial charge in [0, 0.05) is 18.5 Å². The van der Waals surface area contributed by atoms with Gasteiger partial charge in [-0.25, -0.2) is 0 Å². The van der Waals surface area contributed by atoms with Gasteiger partial charge in [-0.1, -0.05) is 26.8 Å². The van der Waals surface area contributed by atoms with Crippen molar-refractivity contribution < 1.29 is 4.79 Å². The molecule has 1 atom stereocenters. The normalized spacial score (nSPS) is 13.5. The fourth-order valence-electron chi connectivity index (χ4n) is 1.45. The average Bonchev–Trinajstić information content (AvgIpc) is 2.75. The van der Waals surface area contributed by atoms with Crippen molar-refractivity contribution in [3.63, 3.8) is 0 Å². The molecular weight excluding hydrogens is 232 g/mol. The minimum Gasteiger partial charge on any atom is -0.344 e. The zero-order chi connectivity index (χ0) is 13.1. The summed E-state index contributed by atoms with van der Waals surface area (Å²) in [5, 5.41) is 2.05. The molecule has 1 aromatic heterocycles. The predicted molar refractivity (Wildman–Crippen MR) is 73.1 cm³/mol. The van der Waals surface area contributed by atoms with Crippen LogP contribution in [0.4, 0.5) is 0 Å². The molecule has 0 fully saturated rings. The van der Waals surface area contributed by atoms with Crippen molar-refractivity contribution in [3.05, 3.63) is 22.4 Å². The van der Waals surface area contributed by atoms with Crippen LogP contribution in [0.1, 0.15) is 25.6 Å². The first kappa shape index (κ1) is 14.2. The Bertz CT molecular complexity index is 354. The molecule has 0 aromatic carbocycles. The molecule has 0 aliphatic rings. The predicted octanol–water partition coefficient (Wildman–Crippen LogP) is 2.12. The summed E-state index contributed by atoms with van der Waals surface area (Å²) in [7, 11) is 1.82. The highest BCUT2D eigenvalue weighted by Gasteiger charge is 2.29. The van der Waals surface area contributed by atoms with Crippen LogP contribution < -0.4 is 5.73 Å². The maximum atomic E-state index is 12.1. The lowest BCUT2D eigenvalue weighted by atomic mass is 9.86. The summed E-state index contributed by atoms with van der Waals surface area (Å²) < 4.78 is 0. The Morgan fingerprint density at radius 2 is 2.18 bits per heavy atom. The second-order valence-electron chi connectivity index (χ2n) is 5.43. The Hall–Kier alpha value is -0.870. The number of hydrogen-bond donors (Lipinski definition) is 1. The Labute approximate surface area is 108 Å². The zero-order valence-corrected chi connectivity index (χ0v) is 11.9. The molecule has 4 heteroatoms. The molecule has 3 nitrogen and oxygen atoms in total. The summed E-state index contributed by atoms with van der Waals surface area (Å²) in [6.45, 7) is 6.69. The van der Waals surface area contributed by atoms with E-state index in [4.69, 9.17) is 5.73 Å². The number of thiophene rings is 1. The van der Waals surface area contributed by atoms with Gasteiger partial charge < -0.3 is 10.6 Å². The van der Waals surface area contributed by atoms with Gasteiger partial charge >= 0.3 is 0 Å². The van der Waals surface area contributed by atoms with Crippen molar-refractivity contribution in [2.45, 2.75) is 33.2 Å². The van der Waals surface area contributed by atoms with Crippen LogP contribution in [-0.4, -0.2) is 30.4 Å². The van der Waals surface area contributed by atoms with Gasteiger partial charge in [0.25, 0.3) is 0 Å². The second kappa shape index (κ2) is 5.65. The van der Waals surface area contributed by atoms with Crippen molar-refractivity contribution in [1.29, 1.82) is 0 Å². The van der Waals surface area contributed by atoms with Crippen molar-refractivity contribution in [2.75, 3.05) is 13.6 Å². The topological polar surface area (TPSA) is 46.3 Å². The zero-order valence-electron chi connectivity index (χ0n) is 11.1. The van der Waals surface area contributed by atoms with E-state index in [1.54, 1.807) is 16.2 Å². The highest BCUT2D eigenvalue weighted by Crippen LogP contribution is 2.19. The van der Waals surface area contributed by atoms with E-state index in [9.17, 15) is 4.79 Å². The van der Waals surface area contributed by atoms with Gasteiger partial charge in [0.2, 0.25) is 5.91 Å². The lowest BCUT2D eigenvalue weighted by Gasteiger charge is -2.29. The smallest absolute Gasteiger partial charge is 0.239 e. The number of carbonyl (C=O) groups excluding carboxylic acids is 1. The van der Waals surface area contributed by atoms with E-state index < -0.39 is 6.04 Å². The number of carbonyl (C=O) groups is 1. The van der Waals surface area contributed by atoms with Crippen LogP contribution in [0.2, 0.25) is 0 Å². The van der Waals surface area contributed by atoms with Crippen LogP contribution >= 0.6 is 11.3 Å². The molecule has 96 valence electrons. The maximum absolute atomic E-state index is 12.1. The number of nitrogens with zero attached hydrogens (tertiary/aromatic N) is 1. The standard InChI is InChI=1S/C13H22N2OS/c1-13(2,3)11(14)12(16)15(4)8-7-10-6-5-9-17-10/h5-6,9,11H,7-8,14H2,1-4H3/t11-/m1/s1. The molecule has 1 rings (SSSR count). The van der Waals surface area contributed by atoms with Gasteiger partial charge in [0.05, 0.1) is 6.04 Å². The number of rotatable bonds is 4. The summed E-state index contributed by atoms with van der Waals surface area (Å²) >= 11 is 1.72. The summed E-state index contributed by atoms with van der Waals surface area (Å²) in [5.74, 6) is 0.0223. The molecule has 0 bridgehead atoms. The summed E-state index contributed by atoms with van der Waals surface area (Å²) in [6.07, 6.45) is 0.900. The average molecular weight is 254 g/mol. The monoisotopic (exact) mass is 254 g/mol. The van der Waals surface area contributed by atoms with Gasteiger partial charge in [-0.2, -0.15) is 0 Å². The van der Waals surface area contributed by atoms with Crippen LogP contribution in [0.5, 0.6) is 0 Å². The summed E-state index contributed by atoms with van der Waals surface area (Å²) in [5.41, 5.74) is 5.77. The third-order valence-electron chi connectivity index (χ3n) is 2.85. The molecule has 0 saturated heterocycles. The lowest BCUT2D eigenvalue weighted by Crippen LogP contribution is -2.49. The van der Waals surface area contributed by atoms with E-state index in [1.165, 1.54) is 4.88 Å². The van der Waals surface area contributed by atoms with Gasteiger partial charge in [0.1, 0.15) is 0 Å². The Morgan fingerprint density at radius 3 is 2.65 bits per heavy atom. The van der Waals surface area contributed by atoms with E-state index in [1.807, 2.05) is 33.9 Å². The van der Waals surface area contributed by atoms with Gasteiger partial charge in [-0.05, 0) is 23.3 Å². The second-order valence-corrected chi connectivity index (χ2v) is 6.47. The van der Waals surface area contributed by atoms with E-state index in [0.29, 0.717) is 0 Å². The molecule has 0 saturated carbocycles. The Kier molecular flexibility index (Phi) is 4.71. The molecule has 0 unspecified atom stereocenters. The first-order valence-electron chi connectivity index (χ1n) is 5.85. The maximum Gasteiger partial charge on any atom is 0.239 e. The largest absolute Gasteiger partial charge is 0.344 e. The minimum absolute atomic E-state index is 0.0223. The van der Waals surface area contributed by atoms with Crippen LogP contribution in [0.15, 0.2) is 17.5 Å². The number of hydrogen-bond acceptors (Lipinski definition) is 3. The van der Waals surface area contributed by atoms with Crippen molar-refractivity contribution in [1.82, 2.24) is 4.90 Å². The van der Waals surface area contributed by atoms with Crippen LogP contribution in [0.25, 0.3) is 0 Å². The summed E-state index contributed by atoms with van der Waals surface area (Å²) in [4.78, 5) is 15.1. The number of nitrogens with two attached hydrogens (primary N) is 1. The highest BCUT2D eigenvalue weighted by molar-refractivity contribution is 7.09. The van der Waals surface area contributed by atoms with Crippen molar-refractivity contribution >= 4 is 17.2 Å².